The Morgan fingerprint density at radius 3 is 1.82 bits per heavy atom. The summed E-state index contributed by atoms with van der Waals surface area (Å²) in [6.45, 7) is -2.27. The van der Waals surface area contributed by atoms with Gasteiger partial charge in [-0.2, -0.15) is 4.58 Å². The Balaban J connectivity index is 1.85. The monoisotopic (exact) mass is 468 g/mol. The van der Waals surface area contributed by atoms with Crippen molar-refractivity contribution in [1.82, 2.24) is 0 Å². The van der Waals surface area contributed by atoms with Crippen molar-refractivity contribution in [2.24, 2.45) is 0 Å². The Bertz CT molecular complexity index is 1120. The van der Waals surface area contributed by atoms with E-state index in [0.717, 1.165) is 4.90 Å². The molecule has 1 aromatic carbocycles. The fourth-order valence-corrected chi connectivity index (χ4v) is 3.46. The highest BCUT2D eigenvalue weighted by Crippen LogP contribution is 2.37. The van der Waals surface area contributed by atoms with Crippen LogP contribution in [0.3, 0.4) is 0 Å². The minimum Gasteiger partial charge on any atom is -0.871 e. The minimum absolute atomic E-state index is 0.0483. The van der Waals surface area contributed by atoms with Crippen LogP contribution in [0.15, 0.2) is 65.5 Å². The highest BCUT2D eigenvalue weighted by molar-refractivity contribution is 6.39. The van der Waals surface area contributed by atoms with E-state index >= 15 is 0 Å². The van der Waals surface area contributed by atoms with E-state index in [0.29, 0.717) is 11.3 Å². The van der Waals surface area contributed by atoms with Crippen LogP contribution in [0.1, 0.15) is 5.56 Å². The van der Waals surface area contributed by atoms with E-state index in [1.807, 2.05) is 0 Å². The van der Waals surface area contributed by atoms with Crippen molar-refractivity contribution in [3.63, 3.8) is 0 Å². The molecule has 12 nitrogen and oxygen atoms in total. The molecular formula is C22H16N2O10-4. The molecule has 12 heteroatoms. The quantitative estimate of drug-likeness (QED) is 0.105. The topological polar surface area (TPSA) is 191 Å². The third-order valence-corrected chi connectivity index (χ3v) is 5.01. The van der Waals surface area contributed by atoms with Gasteiger partial charge in [-0.15, -0.1) is 0 Å². The minimum atomic E-state index is -1.49. The van der Waals surface area contributed by atoms with Gasteiger partial charge in [0.05, 0.1) is 25.0 Å². The first-order valence-corrected chi connectivity index (χ1v) is 9.70. The van der Waals surface area contributed by atoms with E-state index < -0.39 is 50.0 Å². The number of carboxylic acid groups (broad SMARTS) is 2. The lowest BCUT2D eigenvalue weighted by Gasteiger charge is -2.32. The van der Waals surface area contributed by atoms with Crippen molar-refractivity contribution in [3.05, 3.63) is 71.0 Å². The number of carboxylic acids is 2. The van der Waals surface area contributed by atoms with Crippen LogP contribution >= 0.6 is 0 Å². The van der Waals surface area contributed by atoms with E-state index in [2.05, 4.69) is 9.78 Å². The predicted octanol–water partition coefficient (Wildman–Crippen LogP) is -4.98. The van der Waals surface area contributed by atoms with Crippen LogP contribution in [0.2, 0.25) is 0 Å². The molecule has 34 heavy (non-hydrogen) atoms. The second-order valence-corrected chi connectivity index (χ2v) is 7.14. The summed E-state index contributed by atoms with van der Waals surface area (Å²) >= 11 is 0. The third kappa shape index (κ3) is 5.27. The first-order valence-electron chi connectivity index (χ1n) is 9.70. The molecule has 0 atom stereocenters. The molecule has 0 fully saturated rings. The largest absolute Gasteiger partial charge is 0.871 e. The summed E-state index contributed by atoms with van der Waals surface area (Å²) < 4.78 is 1.20. The number of aliphatic carboxylic acids is 2. The number of hydrogen-bond donors (Lipinski definition) is 0. The first kappa shape index (κ1) is 24.5. The number of carbonyl (C=O) groups excluding carboxylic acids is 3. The van der Waals surface area contributed by atoms with Gasteiger partial charge in [-0.3, -0.25) is 4.79 Å². The van der Waals surface area contributed by atoms with Crippen molar-refractivity contribution >= 4 is 34.7 Å². The van der Waals surface area contributed by atoms with Crippen LogP contribution in [-0.4, -0.2) is 54.6 Å². The van der Waals surface area contributed by atoms with Crippen molar-refractivity contribution in [2.45, 2.75) is 0 Å². The molecule has 0 saturated heterocycles. The number of allylic oxidation sites excluding steroid dienone is 7. The van der Waals surface area contributed by atoms with Gasteiger partial charge in [0.25, 0.3) is 0 Å². The molecule has 3 rings (SSSR count). The molecule has 0 bridgehead atoms. The average molecular weight is 468 g/mol. The van der Waals surface area contributed by atoms with Gasteiger partial charge in [0, 0.05) is 29.0 Å². The van der Waals surface area contributed by atoms with Crippen molar-refractivity contribution in [1.29, 1.82) is 0 Å². The van der Waals surface area contributed by atoms with E-state index in [-0.39, 0.29) is 22.4 Å². The molecule has 0 spiro atoms. The summed E-state index contributed by atoms with van der Waals surface area (Å²) in [5, 5.41) is 55.2. The first-order chi connectivity index (χ1) is 16.3. The Kier molecular flexibility index (Phi) is 7.71. The molecule has 0 amide bonds. The summed E-state index contributed by atoms with van der Waals surface area (Å²) in [4.78, 5) is 42.9. The smallest absolute Gasteiger partial charge is 0.241 e. The van der Waals surface area contributed by atoms with Gasteiger partial charge >= 0.3 is 0 Å². The summed E-state index contributed by atoms with van der Waals surface area (Å²) in [7, 11) is 0. The SMILES string of the molecule is O=C([O-])CN(CC(=O)[O-])c1ccc(C2=C([O-])C(=C3C=CC(=[N+](CO[O-])CO[O-])C=C3)C2=O)cc1. The summed E-state index contributed by atoms with van der Waals surface area (Å²) in [5.41, 5.74) is 1.12. The molecule has 178 valence electrons. The van der Waals surface area contributed by atoms with Gasteiger partial charge in [0.2, 0.25) is 19.2 Å². The fraction of sp³-hybridized carbons (Fsp3) is 0.182. The molecule has 0 aliphatic heterocycles. The Morgan fingerprint density at radius 1 is 0.853 bits per heavy atom. The van der Waals surface area contributed by atoms with Gasteiger partial charge < -0.3 is 50.1 Å². The molecule has 2 aliphatic rings. The summed E-state index contributed by atoms with van der Waals surface area (Å²) in [5.74, 6) is -3.99. The molecule has 2 aliphatic carbocycles. The molecule has 0 saturated carbocycles. The van der Waals surface area contributed by atoms with E-state index in [1.165, 1.54) is 53.1 Å². The number of benzene rings is 1. The molecule has 0 heterocycles. The standard InChI is InChI=1S/C22H20N2O10/c25-17(26)9-23(10-18(27)28)15-5-1-13(2-6-15)19-21(29)20(22(19)30)14-3-7-16(8-4-14)24(11-33-31)12-34-32/h1-8H,9-12H2,(H4-,25,26,27,28,29,31,32)/p-4. The second-order valence-electron chi connectivity index (χ2n) is 7.14. The number of Topliss-reactive ketones (excluding diaryl/α,β-unsaturated/α-hetero) is 1. The maximum atomic E-state index is 12.7. The molecule has 0 unspecified atom stereocenters. The highest BCUT2D eigenvalue weighted by Gasteiger charge is 2.30. The Hall–Kier alpha value is -4.10. The number of ketones is 1. The molecule has 0 radical (unpaired) electrons. The zero-order valence-electron chi connectivity index (χ0n) is 17.4. The molecular weight excluding hydrogens is 452 g/mol. The number of anilines is 1. The molecule has 1 aromatic rings. The lowest BCUT2D eigenvalue weighted by atomic mass is 9.80. The predicted molar refractivity (Wildman–Crippen MR) is 103 cm³/mol. The van der Waals surface area contributed by atoms with Crippen LogP contribution < -0.4 is 30.7 Å². The van der Waals surface area contributed by atoms with Crippen LogP contribution in [0.25, 0.3) is 5.57 Å². The van der Waals surface area contributed by atoms with Gasteiger partial charge in [0.15, 0.2) is 5.78 Å². The van der Waals surface area contributed by atoms with Gasteiger partial charge in [-0.25, -0.2) is 0 Å². The van der Waals surface area contributed by atoms with Crippen LogP contribution in [-0.2, 0) is 24.2 Å². The average Bonchev–Trinajstić information content (AvgIpc) is 2.79. The normalized spacial score (nSPS) is 15.0. The number of carbonyl (C=O) groups is 3. The van der Waals surface area contributed by atoms with Crippen LogP contribution in [0.4, 0.5) is 5.69 Å². The van der Waals surface area contributed by atoms with Gasteiger partial charge in [-0.05, 0) is 35.4 Å². The van der Waals surface area contributed by atoms with Gasteiger partial charge in [-0.1, -0.05) is 17.9 Å². The maximum absolute atomic E-state index is 12.7. The van der Waals surface area contributed by atoms with Crippen molar-refractivity contribution < 1.29 is 54.6 Å². The maximum Gasteiger partial charge on any atom is 0.241 e. The Morgan fingerprint density at radius 2 is 1.38 bits per heavy atom. The van der Waals surface area contributed by atoms with Gasteiger partial charge in [0.1, 0.15) is 0 Å². The van der Waals surface area contributed by atoms with Crippen LogP contribution in [0, 0.1) is 0 Å². The zero-order chi connectivity index (χ0) is 24.8. The number of nitrogens with zero attached hydrogens (tertiary/aromatic N) is 2. The summed E-state index contributed by atoms with van der Waals surface area (Å²) in [6.07, 6.45) is 5.91. The van der Waals surface area contributed by atoms with Crippen LogP contribution in [0.5, 0.6) is 0 Å². The lowest BCUT2D eigenvalue weighted by Crippen LogP contribution is -2.44. The van der Waals surface area contributed by atoms with Crippen molar-refractivity contribution in [2.75, 3.05) is 31.5 Å². The van der Waals surface area contributed by atoms with E-state index in [1.54, 1.807) is 0 Å². The van der Waals surface area contributed by atoms with Crippen molar-refractivity contribution in [3.8, 4) is 0 Å². The number of rotatable bonds is 10. The number of hydrogen-bond acceptors (Lipinski definition) is 11. The lowest BCUT2D eigenvalue weighted by molar-refractivity contribution is -0.809. The zero-order valence-corrected chi connectivity index (χ0v) is 17.4. The molecule has 0 aromatic heterocycles. The summed E-state index contributed by atoms with van der Waals surface area (Å²) in [6, 6.07) is 5.57. The van der Waals surface area contributed by atoms with E-state index in [9.17, 15) is 40.2 Å². The highest BCUT2D eigenvalue weighted by atomic mass is 17.1. The third-order valence-electron chi connectivity index (χ3n) is 5.01. The fourth-order valence-electron chi connectivity index (χ4n) is 3.46. The Labute approximate surface area is 192 Å². The molecule has 0 N–H and O–H groups in total. The van der Waals surface area contributed by atoms with E-state index in [4.69, 9.17) is 0 Å². The second kappa shape index (κ2) is 10.7.